The third-order valence-electron chi connectivity index (χ3n) is 10.4. The molecule has 2 heteroatoms. The lowest BCUT2D eigenvalue weighted by atomic mass is 9.81. The standard InChI is InChI=1S/C45H31NO/c1-45(2)39-15-6-3-10-33(39)36-26-27-37-34-11-4-7-16-40(34)46(43(37)42(36)45)31-24-22-29(23-25-31)28-18-20-30(21-19-28)32-13-9-14-38-35-12-5-8-17-41(35)47-44(32)38/h3-27H,1-2H3. The second-order valence-electron chi connectivity index (χ2n) is 13.3. The van der Waals surface area contributed by atoms with Crippen molar-refractivity contribution in [3.05, 3.63) is 163 Å². The molecule has 0 unspecified atom stereocenters. The van der Waals surface area contributed by atoms with E-state index in [1.165, 1.54) is 60.9 Å². The Morgan fingerprint density at radius 3 is 1.94 bits per heavy atom. The number of para-hydroxylation sites is 3. The molecule has 0 amide bonds. The van der Waals surface area contributed by atoms with Crippen LogP contribution < -0.4 is 0 Å². The highest BCUT2D eigenvalue weighted by Crippen LogP contribution is 2.53. The average molecular weight is 602 g/mol. The highest BCUT2D eigenvalue weighted by atomic mass is 16.3. The predicted octanol–water partition coefficient (Wildman–Crippen LogP) is 12.3. The third kappa shape index (κ3) is 3.67. The number of rotatable bonds is 3. The van der Waals surface area contributed by atoms with Crippen LogP contribution in [0.3, 0.4) is 0 Å². The zero-order chi connectivity index (χ0) is 31.3. The van der Waals surface area contributed by atoms with Gasteiger partial charge in [0.25, 0.3) is 0 Å². The van der Waals surface area contributed by atoms with Crippen molar-refractivity contribution in [2.45, 2.75) is 19.3 Å². The molecule has 7 aromatic carbocycles. The van der Waals surface area contributed by atoms with Crippen LogP contribution >= 0.6 is 0 Å². The van der Waals surface area contributed by atoms with Gasteiger partial charge in [-0.3, -0.25) is 0 Å². The molecule has 10 rings (SSSR count). The molecule has 2 heterocycles. The molecule has 0 fully saturated rings. The number of nitrogens with zero attached hydrogens (tertiary/aromatic N) is 1. The van der Waals surface area contributed by atoms with Gasteiger partial charge in [-0.05, 0) is 63.2 Å². The van der Waals surface area contributed by atoms with Crippen LogP contribution in [0.1, 0.15) is 25.0 Å². The normalized spacial score (nSPS) is 13.5. The fourth-order valence-corrected chi connectivity index (χ4v) is 8.20. The Hall–Kier alpha value is -5.86. The molecule has 222 valence electrons. The molecule has 0 radical (unpaired) electrons. The molecule has 1 aliphatic carbocycles. The van der Waals surface area contributed by atoms with Crippen LogP contribution in [0.25, 0.3) is 82.8 Å². The monoisotopic (exact) mass is 601 g/mol. The van der Waals surface area contributed by atoms with E-state index in [9.17, 15) is 0 Å². The summed E-state index contributed by atoms with van der Waals surface area (Å²) in [6, 6.07) is 55.0. The fourth-order valence-electron chi connectivity index (χ4n) is 8.20. The van der Waals surface area contributed by atoms with Crippen LogP contribution in [-0.4, -0.2) is 4.57 Å². The van der Waals surface area contributed by atoms with Crippen molar-refractivity contribution >= 4 is 43.7 Å². The van der Waals surface area contributed by atoms with Gasteiger partial charge >= 0.3 is 0 Å². The number of aromatic nitrogens is 1. The zero-order valence-corrected chi connectivity index (χ0v) is 26.3. The fraction of sp³-hybridized carbons (Fsp3) is 0.0667. The third-order valence-corrected chi connectivity index (χ3v) is 10.4. The number of benzene rings is 7. The first-order chi connectivity index (χ1) is 23.1. The van der Waals surface area contributed by atoms with Gasteiger partial charge in [-0.15, -0.1) is 0 Å². The number of hydrogen-bond donors (Lipinski definition) is 0. The maximum absolute atomic E-state index is 6.32. The van der Waals surface area contributed by atoms with Crippen molar-refractivity contribution in [3.63, 3.8) is 0 Å². The van der Waals surface area contributed by atoms with Crippen LogP contribution in [0.15, 0.2) is 156 Å². The van der Waals surface area contributed by atoms with Crippen LogP contribution in [0, 0.1) is 0 Å². The van der Waals surface area contributed by atoms with Gasteiger partial charge in [0.1, 0.15) is 11.2 Å². The van der Waals surface area contributed by atoms with Gasteiger partial charge in [-0.1, -0.05) is 141 Å². The summed E-state index contributed by atoms with van der Waals surface area (Å²) in [7, 11) is 0. The van der Waals surface area contributed by atoms with Crippen molar-refractivity contribution in [3.8, 4) is 39.1 Å². The predicted molar refractivity (Wildman–Crippen MR) is 196 cm³/mol. The SMILES string of the molecule is CC1(C)c2ccccc2-c2ccc3c4ccccc4n(-c4ccc(-c5ccc(-c6cccc7c6oc6ccccc67)cc5)cc4)c3c21. The Kier molecular flexibility index (Phi) is 5.37. The largest absolute Gasteiger partial charge is 0.455 e. The first-order valence-electron chi connectivity index (χ1n) is 16.4. The minimum atomic E-state index is -0.105. The Morgan fingerprint density at radius 2 is 1.11 bits per heavy atom. The molecule has 2 nitrogen and oxygen atoms in total. The van der Waals surface area contributed by atoms with E-state index in [4.69, 9.17) is 4.42 Å². The molecule has 1 aliphatic rings. The molecule has 0 N–H and O–H groups in total. The van der Waals surface area contributed by atoms with Gasteiger partial charge in [0.2, 0.25) is 0 Å². The lowest BCUT2D eigenvalue weighted by Crippen LogP contribution is -2.16. The van der Waals surface area contributed by atoms with E-state index in [0.29, 0.717) is 0 Å². The van der Waals surface area contributed by atoms with Gasteiger partial charge in [0.15, 0.2) is 0 Å². The summed E-state index contributed by atoms with van der Waals surface area (Å²) < 4.78 is 8.80. The van der Waals surface area contributed by atoms with Gasteiger partial charge in [0.05, 0.1) is 11.0 Å². The van der Waals surface area contributed by atoms with Crippen molar-refractivity contribution in [1.82, 2.24) is 4.57 Å². The van der Waals surface area contributed by atoms with Gasteiger partial charge in [0, 0.05) is 38.2 Å². The number of furan rings is 1. The molecule has 0 spiro atoms. The first-order valence-corrected chi connectivity index (χ1v) is 16.4. The molecule has 0 atom stereocenters. The average Bonchev–Trinajstić information content (AvgIpc) is 3.74. The zero-order valence-electron chi connectivity index (χ0n) is 26.3. The van der Waals surface area contributed by atoms with Crippen molar-refractivity contribution in [2.75, 3.05) is 0 Å². The quantitative estimate of drug-likeness (QED) is 0.197. The lowest BCUT2D eigenvalue weighted by molar-refractivity contribution is 0.664. The van der Waals surface area contributed by atoms with E-state index in [1.807, 2.05) is 12.1 Å². The molecule has 9 aromatic rings. The Morgan fingerprint density at radius 1 is 0.468 bits per heavy atom. The number of hydrogen-bond acceptors (Lipinski definition) is 1. The topological polar surface area (TPSA) is 18.1 Å². The highest BCUT2D eigenvalue weighted by molar-refractivity contribution is 6.13. The smallest absolute Gasteiger partial charge is 0.143 e. The minimum absolute atomic E-state index is 0.105. The summed E-state index contributed by atoms with van der Waals surface area (Å²) in [5.74, 6) is 0. The summed E-state index contributed by atoms with van der Waals surface area (Å²) in [4.78, 5) is 0. The van der Waals surface area contributed by atoms with Crippen molar-refractivity contribution < 1.29 is 4.42 Å². The summed E-state index contributed by atoms with van der Waals surface area (Å²) in [6.07, 6.45) is 0. The second-order valence-corrected chi connectivity index (χ2v) is 13.3. The van der Waals surface area contributed by atoms with Gasteiger partial charge < -0.3 is 8.98 Å². The van der Waals surface area contributed by atoms with E-state index in [2.05, 4.69) is 158 Å². The summed E-state index contributed by atoms with van der Waals surface area (Å²) >= 11 is 0. The van der Waals surface area contributed by atoms with E-state index >= 15 is 0 Å². The highest BCUT2D eigenvalue weighted by Gasteiger charge is 2.38. The molecular formula is C45H31NO. The molecule has 0 aliphatic heterocycles. The molecule has 0 saturated carbocycles. The summed E-state index contributed by atoms with van der Waals surface area (Å²) in [5, 5.41) is 4.90. The number of fused-ring (bicyclic) bond motifs is 10. The maximum Gasteiger partial charge on any atom is 0.143 e. The van der Waals surface area contributed by atoms with Crippen LogP contribution in [0.4, 0.5) is 0 Å². The van der Waals surface area contributed by atoms with E-state index in [-0.39, 0.29) is 5.41 Å². The van der Waals surface area contributed by atoms with E-state index in [1.54, 1.807) is 0 Å². The van der Waals surface area contributed by atoms with Gasteiger partial charge in [-0.2, -0.15) is 0 Å². The molecular weight excluding hydrogens is 571 g/mol. The lowest BCUT2D eigenvalue weighted by Gasteiger charge is -2.23. The van der Waals surface area contributed by atoms with E-state index < -0.39 is 0 Å². The Labute approximate surface area is 273 Å². The molecule has 47 heavy (non-hydrogen) atoms. The maximum atomic E-state index is 6.32. The Bertz CT molecular complexity index is 2680. The van der Waals surface area contributed by atoms with Crippen LogP contribution in [-0.2, 0) is 5.41 Å². The molecule has 0 bridgehead atoms. The van der Waals surface area contributed by atoms with E-state index in [0.717, 1.165) is 33.1 Å². The van der Waals surface area contributed by atoms with Crippen molar-refractivity contribution in [1.29, 1.82) is 0 Å². The molecule has 2 aromatic heterocycles. The van der Waals surface area contributed by atoms with Crippen molar-refractivity contribution in [2.24, 2.45) is 0 Å². The Balaban J connectivity index is 1.08. The summed E-state index contributed by atoms with van der Waals surface area (Å²) in [6.45, 7) is 4.75. The second kappa shape index (κ2) is 9.57. The van der Waals surface area contributed by atoms with Crippen LogP contribution in [0.2, 0.25) is 0 Å². The summed E-state index contributed by atoms with van der Waals surface area (Å²) in [5.41, 5.74) is 15.6. The molecule has 0 saturated heterocycles. The minimum Gasteiger partial charge on any atom is -0.455 e. The first kappa shape index (κ1) is 26.4. The van der Waals surface area contributed by atoms with Gasteiger partial charge in [-0.25, -0.2) is 0 Å². The van der Waals surface area contributed by atoms with Crippen LogP contribution in [0.5, 0.6) is 0 Å².